The van der Waals surface area contributed by atoms with E-state index >= 15 is 0 Å². The predicted octanol–water partition coefficient (Wildman–Crippen LogP) is 1.98. The minimum atomic E-state index is -1.30. The van der Waals surface area contributed by atoms with Crippen LogP contribution in [0.3, 0.4) is 0 Å². The molecule has 1 aromatic carbocycles. The van der Waals surface area contributed by atoms with Crippen LogP contribution in [0.5, 0.6) is 0 Å². The Morgan fingerprint density at radius 2 is 1.96 bits per heavy atom. The molecular weight excluding hydrogens is 306 g/mol. The number of benzene rings is 1. The van der Waals surface area contributed by atoms with Crippen LogP contribution in [0.2, 0.25) is 0 Å². The van der Waals surface area contributed by atoms with E-state index in [1.54, 1.807) is 26.8 Å². The maximum absolute atomic E-state index is 11.6. The average molecular weight is 325 g/mol. The number of anilines is 1. The monoisotopic (exact) mass is 325 g/mol. The Kier molecular flexibility index (Phi) is 5.88. The SMILES string of the molecule is CC(C)(C)OC(=O)N[C@H](CNc1ccccc1[N+](=O)[O-])C(=O)O. The first-order valence-corrected chi connectivity index (χ1v) is 6.80. The second-order valence-electron chi connectivity index (χ2n) is 5.69. The van der Waals surface area contributed by atoms with E-state index in [2.05, 4.69) is 10.6 Å². The zero-order chi connectivity index (χ0) is 17.6. The maximum atomic E-state index is 11.6. The summed E-state index contributed by atoms with van der Waals surface area (Å²) in [6, 6.07) is 4.51. The number of para-hydroxylation sites is 2. The molecule has 1 aromatic rings. The molecule has 9 nitrogen and oxygen atoms in total. The van der Waals surface area contributed by atoms with Crippen LogP contribution < -0.4 is 10.6 Å². The molecule has 0 radical (unpaired) electrons. The number of rotatable bonds is 6. The molecule has 126 valence electrons. The Morgan fingerprint density at radius 1 is 1.35 bits per heavy atom. The number of hydrogen-bond acceptors (Lipinski definition) is 6. The molecule has 3 N–H and O–H groups in total. The number of carboxylic acids is 1. The molecule has 23 heavy (non-hydrogen) atoms. The third-order valence-corrected chi connectivity index (χ3v) is 2.59. The van der Waals surface area contributed by atoms with Crippen LogP contribution in [-0.2, 0) is 9.53 Å². The number of carbonyl (C=O) groups is 2. The van der Waals surface area contributed by atoms with Crippen molar-refractivity contribution in [2.75, 3.05) is 11.9 Å². The number of nitro benzene ring substituents is 1. The lowest BCUT2D eigenvalue weighted by atomic mass is 10.2. The number of carbonyl (C=O) groups excluding carboxylic acids is 1. The molecule has 0 aliphatic heterocycles. The van der Waals surface area contributed by atoms with E-state index in [0.717, 1.165) is 0 Å². The number of carboxylic acid groups (broad SMARTS) is 1. The number of aliphatic carboxylic acids is 1. The van der Waals surface area contributed by atoms with Gasteiger partial charge in [-0.05, 0) is 26.8 Å². The van der Waals surface area contributed by atoms with Crippen molar-refractivity contribution in [3.8, 4) is 0 Å². The van der Waals surface area contributed by atoms with E-state index in [4.69, 9.17) is 9.84 Å². The quantitative estimate of drug-likeness (QED) is 0.538. The van der Waals surface area contributed by atoms with Crippen LogP contribution in [-0.4, -0.2) is 40.3 Å². The Morgan fingerprint density at radius 3 is 2.48 bits per heavy atom. The van der Waals surface area contributed by atoms with Gasteiger partial charge in [-0.25, -0.2) is 9.59 Å². The summed E-state index contributed by atoms with van der Waals surface area (Å²) in [5.74, 6) is -1.29. The Balaban J connectivity index is 2.73. The van der Waals surface area contributed by atoms with Gasteiger partial charge < -0.3 is 20.5 Å². The minimum absolute atomic E-state index is 0.162. The van der Waals surface area contributed by atoms with Crippen molar-refractivity contribution in [3.63, 3.8) is 0 Å². The zero-order valence-electron chi connectivity index (χ0n) is 13.0. The molecule has 0 heterocycles. The largest absolute Gasteiger partial charge is 0.480 e. The van der Waals surface area contributed by atoms with Crippen LogP contribution in [0.15, 0.2) is 24.3 Å². The highest BCUT2D eigenvalue weighted by Gasteiger charge is 2.24. The summed E-state index contributed by atoms with van der Waals surface area (Å²) in [5, 5.41) is 24.9. The third kappa shape index (κ3) is 6.20. The fourth-order valence-electron chi connectivity index (χ4n) is 1.64. The fourth-order valence-corrected chi connectivity index (χ4v) is 1.64. The van der Waals surface area contributed by atoms with Gasteiger partial charge in [0.25, 0.3) is 5.69 Å². The van der Waals surface area contributed by atoms with Crippen molar-refractivity contribution < 1.29 is 24.4 Å². The van der Waals surface area contributed by atoms with Crippen molar-refractivity contribution in [2.24, 2.45) is 0 Å². The Hall–Kier alpha value is -2.84. The van der Waals surface area contributed by atoms with Crippen LogP contribution >= 0.6 is 0 Å². The van der Waals surface area contributed by atoms with Gasteiger partial charge in [0.2, 0.25) is 0 Å². The van der Waals surface area contributed by atoms with Crippen LogP contribution in [0.25, 0.3) is 0 Å². The second-order valence-corrected chi connectivity index (χ2v) is 5.69. The van der Waals surface area contributed by atoms with Crippen molar-refractivity contribution in [1.82, 2.24) is 5.32 Å². The summed E-state index contributed by atoms with van der Waals surface area (Å²) >= 11 is 0. The van der Waals surface area contributed by atoms with Gasteiger partial charge in [-0.3, -0.25) is 10.1 Å². The number of nitrogens with zero attached hydrogens (tertiary/aromatic N) is 1. The van der Waals surface area contributed by atoms with E-state index in [1.165, 1.54) is 18.2 Å². The summed E-state index contributed by atoms with van der Waals surface area (Å²) in [6.07, 6.45) is -0.880. The molecular formula is C14H19N3O6. The molecule has 0 aliphatic rings. The van der Waals surface area contributed by atoms with Crippen molar-refractivity contribution in [2.45, 2.75) is 32.4 Å². The van der Waals surface area contributed by atoms with Gasteiger partial charge in [-0.2, -0.15) is 0 Å². The number of alkyl carbamates (subject to hydrolysis) is 1. The Bertz CT molecular complexity index is 596. The van der Waals surface area contributed by atoms with Gasteiger partial charge in [0.1, 0.15) is 17.3 Å². The number of hydrogen-bond donors (Lipinski definition) is 3. The van der Waals surface area contributed by atoms with Gasteiger partial charge in [0, 0.05) is 12.6 Å². The first-order valence-electron chi connectivity index (χ1n) is 6.80. The lowest BCUT2D eigenvalue weighted by Crippen LogP contribution is -2.47. The summed E-state index contributed by atoms with van der Waals surface area (Å²) < 4.78 is 4.98. The molecule has 9 heteroatoms. The number of nitro groups is 1. The predicted molar refractivity (Wildman–Crippen MR) is 82.4 cm³/mol. The van der Waals surface area contributed by atoms with E-state index < -0.39 is 28.6 Å². The molecule has 0 bridgehead atoms. The molecule has 1 amide bonds. The molecule has 0 saturated carbocycles. The smallest absolute Gasteiger partial charge is 0.408 e. The minimum Gasteiger partial charge on any atom is -0.480 e. The molecule has 1 rings (SSSR count). The van der Waals surface area contributed by atoms with Crippen LogP contribution in [0.1, 0.15) is 20.8 Å². The summed E-state index contributed by atoms with van der Waals surface area (Å²) in [7, 11) is 0. The molecule has 0 aromatic heterocycles. The van der Waals surface area contributed by atoms with Gasteiger partial charge >= 0.3 is 12.1 Å². The normalized spacial score (nSPS) is 12.1. The van der Waals surface area contributed by atoms with Crippen molar-refractivity contribution >= 4 is 23.4 Å². The third-order valence-electron chi connectivity index (χ3n) is 2.59. The highest BCUT2D eigenvalue weighted by Crippen LogP contribution is 2.22. The summed E-state index contributed by atoms with van der Waals surface area (Å²) in [6.45, 7) is 4.70. The second kappa shape index (κ2) is 7.43. The molecule has 0 fully saturated rings. The van der Waals surface area contributed by atoms with Crippen LogP contribution in [0, 0.1) is 10.1 Å². The van der Waals surface area contributed by atoms with E-state index in [0.29, 0.717) is 0 Å². The fraction of sp³-hybridized carbons (Fsp3) is 0.429. The highest BCUT2D eigenvalue weighted by atomic mass is 16.6. The Labute approximate surface area is 132 Å². The van der Waals surface area contributed by atoms with E-state index in [1.807, 2.05) is 0 Å². The molecule has 0 aliphatic carbocycles. The molecule has 0 unspecified atom stereocenters. The van der Waals surface area contributed by atoms with Gasteiger partial charge in [0.05, 0.1) is 4.92 Å². The van der Waals surface area contributed by atoms with Crippen LogP contribution in [0.4, 0.5) is 16.2 Å². The summed E-state index contributed by atoms with van der Waals surface area (Å²) in [5.41, 5.74) is -0.789. The lowest BCUT2D eigenvalue weighted by molar-refractivity contribution is -0.384. The maximum Gasteiger partial charge on any atom is 0.408 e. The number of nitrogens with one attached hydrogen (secondary N) is 2. The first-order chi connectivity index (χ1) is 10.6. The number of ether oxygens (including phenoxy) is 1. The standard InChI is InChI=1S/C14H19N3O6/c1-14(2,3)23-13(20)16-10(12(18)19)8-15-9-6-4-5-7-11(9)17(21)22/h4-7,10,15H,8H2,1-3H3,(H,16,20)(H,18,19)/t10-/m1/s1. The molecule has 0 saturated heterocycles. The molecule has 0 spiro atoms. The molecule has 1 atom stereocenters. The highest BCUT2D eigenvalue weighted by molar-refractivity contribution is 5.81. The van der Waals surface area contributed by atoms with Gasteiger partial charge in [-0.1, -0.05) is 12.1 Å². The first kappa shape index (κ1) is 18.2. The number of amides is 1. The van der Waals surface area contributed by atoms with E-state index in [-0.39, 0.29) is 17.9 Å². The van der Waals surface area contributed by atoms with Crippen molar-refractivity contribution in [1.29, 1.82) is 0 Å². The van der Waals surface area contributed by atoms with Gasteiger partial charge in [0.15, 0.2) is 0 Å². The summed E-state index contributed by atoms with van der Waals surface area (Å²) in [4.78, 5) is 33.1. The topological polar surface area (TPSA) is 131 Å². The van der Waals surface area contributed by atoms with Gasteiger partial charge in [-0.15, -0.1) is 0 Å². The van der Waals surface area contributed by atoms with E-state index in [9.17, 15) is 19.7 Å². The zero-order valence-corrected chi connectivity index (χ0v) is 13.0. The van der Waals surface area contributed by atoms with Crippen molar-refractivity contribution in [3.05, 3.63) is 34.4 Å². The average Bonchev–Trinajstić information content (AvgIpc) is 2.41. The lowest BCUT2D eigenvalue weighted by Gasteiger charge is -2.22.